The van der Waals surface area contributed by atoms with Gasteiger partial charge in [-0.25, -0.2) is 4.39 Å². The van der Waals surface area contributed by atoms with Crippen molar-refractivity contribution in [1.29, 1.82) is 0 Å². The number of nitrogen functional groups attached to an aromatic ring is 1. The van der Waals surface area contributed by atoms with Crippen LogP contribution in [0.2, 0.25) is 0 Å². The van der Waals surface area contributed by atoms with Gasteiger partial charge in [-0.3, -0.25) is 0 Å². The van der Waals surface area contributed by atoms with E-state index in [1.807, 2.05) is 0 Å². The Morgan fingerprint density at radius 2 is 1.89 bits per heavy atom. The lowest BCUT2D eigenvalue weighted by Crippen LogP contribution is -2.31. The molecule has 0 aliphatic carbocycles. The second kappa shape index (κ2) is 5.72. The number of aliphatic hydroxyl groups excluding tert-OH is 2. The van der Waals surface area contributed by atoms with Crippen molar-refractivity contribution in [2.75, 3.05) is 19.3 Å². The fourth-order valence-corrected chi connectivity index (χ4v) is 1.62. The highest BCUT2D eigenvalue weighted by molar-refractivity contribution is 5.48. The minimum absolute atomic E-state index is 0.148. The van der Waals surface area contributed by atoms with E-state index >= 15 is 0 Å². The molecule has 8 heteroatoms. The van der Waals surface area contributed by atoms with Crippen molar-refractivity contribution in [1.82, 2.24) is 5.32 Å². The van der Waals surface area contributed by atoms with E-state index in [1.54, 1.807) is 0 Å². The molecule has 1 rings (SSSR count). The Morgan fingerprint density at radius 1 is 1.32 bits per heavy atom. The summed E-state index contributed by atoms with van der Waals surface area (Å²) >= 11 is 0. The van der Waals surface area contributed by atoms with Crippen LogP contribution < -0.4 is 11.1 Å². The average Bonchev–Trinajstić information content (AvgIpc) is 2.30. The van der Waals surface area contributed by atoms with Gasteiger partial charge >= 0.3 is 6.18 Å². The van der Waals surface area contributed by atoms with Crippen LogP contribution in [0.1, 0.15) is 17.2 Å². The summed E-state index contributed by atoms with van der Waals surface area (Å²) in [5, 5.41) is 21.7. The molecular formula is C11H14F4N2O2. The smallest absolute Gasteiger partial charge is 0.396 e. The molecule has 5 N–H and O–H groups in total. The quantitative estimate of drug-likeness (QED) is 0.491. The molecular weight excluding hydrogens is 268 g/mol. The summed E-state index contributed by atoms with van der Waals surface area (Å²) in [4.78, 5) is 0. The Balaban J connectivity index is 3.28. The van der Waals surface area contributed by atoms with Gasteiger partial charge in [-0.05, 0) is 24.7 Å². The lowest BCUT2D eigenvalue weighted by molar-refractivity contribution is -0.139. The summed E-state index contributed by atoms with van der Waals surface area (Å²) in [6.45, 7) is -0.148. The van der Waals surface area contributed by atoms with Gasteiger partial charge in [-0.15, -0.1) is 0 Å². The Labute approximate surface area is 106 Å². The van der Waals surface area contributed by atoms with Crippen LogP contribution >= 0.6 is 0 Å². The summed E-state index contributed by atoms with van der Waals surface area (Å²) in [5.74, 6) is -1.08. The molecule has 0 saturated carbocycles. The number of rotatable bonds is 4. The van der Waals surface area contributed by atoms with Crippen molar-refractivity contribution < 1.29 is 27.8 Å². The van der Waals surface area contributed by atoms with Gasteiger partial charge in [-0.2, -0.15) is 13.2 Å². The molecule has 1 aromatic rings. The number of anilines is 1. The monoisotopic (exact) mass is 282 g/mol. The number of nitrogens with one attached hydrogen (secondary N) is 1. The first-order chi connectivity index (χ1) is 8.68. The molecule has 0 bridgehead atoms. The van der Waals surface area contributed by atoms with Crippen LogP contribution in [-0.2, 0) is 6.18 Å². The number of likely N-dealkylation sites (N-methyl/N-ethyl adjacent to an activating group) is 1. The van der Waals surface area contributed by atoms with Crippen LogP contribution in [0, 0.1) is 5.82 Å². The maximum absolute atomic E-state index is 13.3. The number of nitrogens with two attached hydrogens (primary N) is 1. The Morgan fingerprint density at radius 3 is 2.37 bits per heavy atom. The van der Waals surface area contributed by atoms with Gasteiger partial charge in [0, 0.05) is 6.54 Å². The molecule has 0 aliphatic heterocycles. The third kappa shape index (κ3) is 3.55. The molecule has 2 atom stereocenters. The molecule has 108 valence electrons. The molecule has 0 spiro atoms. The number of hydrogen-bond donors (Lipinski definition) is 4. The first-order valence-electron chi connectivity index (χ1n) is 5.35. The van der Waals surface area contributed by atoms with Gasteiger partial charge < -0.3 is 21.3 Å². The van der Waals surface area contributed by atoms with E-state index in [0.717, 1.165) is 0 Å². The molecule has 0 saturated heterocycles. The minimum Gasteiger partial charge on any atom is -0.396 e. The molecule has 0 fully saturated rings. The summed E-state index contributed by atoms with van der Waals surface area (Å²) in [6.07, 6.45) is -8.19. The fourth-order valence-electron chi connectivity index (χ4n) is 1.62. The van der Waals surface area contributed by atoms with E-state index in [4.69, 9.17) is 5.73 Å². The zero-order valence-electron chi connectivity index (χ0n) is 10.0. The normalized spacial score (nSPS) is 15.3. The van der Waals surface area contributed by atoms with Crippen molar-refractivity contribution in [3.63, 3.8) is 0 Å². The predicted octanol–water partition coefficient (Wildman–Crippen LogP) is 1.04. The van der Waals surface area contributed by atoms with Crippen LogP contribution in [0.5, 0.6) is 0 Å². The average molecular weight is 282 g/mol. The van der Waals surface area contributed by atoms with Crippen LogP contribution in [0.25, 0.3) is 0 Å². The summed E-state index contributed by atoms with van der Waals surface area (Å²) in [5.41, 5.74) is 2.40. The number of benzene rings is 1. The molecule has 0 heterocycles. The molecule has 1 aromatic carbocycles. The highest BCUT2D eigenvalue weighted by Gasteiger charge is 2.37. The summed E-state index contributed by atoms with van der Waals surface area (Å²) in [7, 11) is 1.45. The van der Waals surface area contributed by atoms with E-state index in [1.165, 1.54) is 7.05 Å². The Bertz CT molecular complexity index is 451. The maximum atomic E-state index is 13.3. The zero-order chi connectivity index (χ0) is 14.8. The van der Waals surface area contributed by atoms with Gasteiger partial charge in [0.15, 0.2) is 0 Å². The van der Waals surface area contributed by atoms with Crippen molar-refractivity contribution in [3.05, 3.63) is 29.1 Å². The van der Waals surface area contributed by atoms with E-state index in [0.29, 0.717) is 12.1 Å². The molecule has 19 heavy (non-hydrogen) atoms. The SMILES string of the molecule is CNCC(O)C(O)c1cc(F)c(N)cc1C(F)(F)F. The predicted molar refractivity (Wildman–Crippen MR) is 60.7 cm³/mol. The number of hydrogen-bond acceptors (Lipinski definition) is 4. The number of halogens is 4. The largest absolute Gasteiger partial charge is 0.416 e. The van der Waals surface area contributed by atoms with Gasteiger partial charge in [0.25, 0.3) is 0 Å². The van der Waals surface area contributed by atoms with Gasteiger partial charge in [-0.1, -0.05) is 0 Å². The lowest BCUT2D eigenvalue weighted by Gasteiger charge is -2.22. The van der Waals surface area contributed by atoms with Gasteiger partial charge in [0.05, 0.1) is 17.4 Å². The van der Waals surface area contributed by atoms with E-state index in [2.05, 4.69) is 5.32 Å². The Kier molecular flexibility index (Phi) is 4.72. The lowest BCUT2D eigenvalue weighted by atomic mass is 9.97. The number of alkyl halides is 3. The fraction of sp³-hybridized carbons (Fsp3) is 0.455. The van der Waals surface area contributed by atoms with E-state index in [9.17, 15) is 27.8 Å². The van der Waals surface area contributed by atoms with Crippen molar-refractivity contribution in [3.8, 4) is 0 Å². The van der Waals surface area contributed by atoms with Crippen molar-refractivity contribution >= 4 is 5.69 Å². The third-order valence-electron chi connectivity index (χ3n) is 2.57. The second-order valence-corrected chi connectivity index (χ2v) is 4.03. The highest BCUT2D eigenvalue weighted by atomic mass is 19.4. The summed E-state index contributed by atoms with van der Waals surface area (Å²) < 4.78 is 51.6. The molecule has 0 radical (unpaired) electrons. The zero-order valence-corrected chi connectivity index (χ0v) is 10.0. The van der Waals surface area contributed by atoms with E-state index < -0.39 is 41.0 Å². The molecule has 2 unspecified atom stereocenters. The maximum Gasteiger partial charge on any atom is 0.416 e. The topological polar surface area (TPSA) is 78.5 Å². The highest BCUT2D eigenvalue weighted by Crippen LogP contribution is 2.37. The van der Waals surface area contributed by atoms with Crippen LogP contribution in [0.4, 0.5) is 23.2 Å². The number of aliphatic hydroxyl groups is 2. The van der Waals surface area contributed by atoms with E-state index in [-0.39, 0.29) is 6.54 Å². The summed E-state index contributed by atoms with van der Waals surface area (Å²) in [6, 6.07) is 0.891. The van der Waals surface area contributed by atoms with Crippen LogP contribution in [-0.4, -0.2) is 29.9 Å². The van der Waals surface area contributed by atoms with Crippen molar-refractivity contribution in [2.24, 2.45) is 0 Å². The standard InChI is InChI=1S/C11H14F4N2O2/c1-17-4-9(18)10(19)5-2-7(12)8(16)3-6(5)11(13,14)15/h2-3,9-10,17-19H,4,16H2,1H3. The molecule has 0 amide bonds. The van der Waals surface area contributed by atoms with Gasteiger partial charge in [0.1, 0.15) is 11.9 Å². The first-order valence-corrected chi connectivity index (χ1v) is 5.35. The van der Waals surface area contributed by atoms with Gasteiger partial charge in [0.2, 0.25) is 0 Å². The third-order valence-corrected chi connectivity index (χ3v) is 2.57. The molecule has 4 nitrogen and oxygen atoms in total. The molecule has 0 aliphatic rings. The van der Waals surface area contributed by atoms with Crippen molar-refractivity contribution in [2.45, 2.75) is 18.4 Å². The van der Waals surface area contributed by atoms with Crippen LogP contribution in [0.15, 0.2) is 12.1 Å². The Hall–Kier alpha value is -1.38. The second-order valence-electron chi connectivity index (χ2n) is 4.03. The first kappa shape index (κ1) is 15.7. The minimum atomic E-state index is -4.81. The van der Waals surface area contributed by atoms with Crippen LogP contribution in [0.3, 0.4) is 0 Å². The molecule has 0 aromatic heterocycles.